The average molecular weight is 431 g/mol. The zero-order valence-corrected chi connectivity index (χ0v) is 18.7. The number of aromatic nitrogens is 2. The van der Waals surface area contributed by atoms with E-state index in [1.807, 2.05) is 48.6 Å². The number of nitrogens with zero attached hydrogens (tertiary/aromatic N) is 1. The molecule has 166 valence electrons. The zero-order valence-electron chi connectivity index (χ0n) is 18.7. The van der Waals surface area contributed by atoms with Gasteiger partial charge in [-0.15, -0.1) is 0 Å². The van der Waals surface area contributed by atoms with Crippen LogP contribution in [-0.2, 0) is 0 Å². The van der Waals surface area contributed by atoms with E-state index in [0.717, 1.165) is 48.3 Å². The highest BCUT2D eigenvalue weighted by Gasteiger charge is 2.26. The molecule has 0 radical (unpaired) electrons. The fraction of sp³-hybridized carbons (Fsp3) is 0.308. The lowest BCUT2D eigenvalue weighted by Crippen LogP contribution is -2.44. The van der Waals surface area contributed by atoms with Gasteiger partial charge in [0.25, 0.3) is 0 Å². The topological polar surface area (TPSA) is 79.0 Å². The van der Waals surface area contributed by atoms with Crippen LogP contribution in [0.15, 0.2) is 72.6 Å². The Hall–Kier alpha value is -3.38. The van der Waals surface area contributed by atoms with Crippen LogP contribution in [0.5, 0.6) is 5.75 Å². The lowest BCUT2D eigenvalue weighted by molar-refractivity contribution is 0.103. The Balaban J connectivity index is 1.36. The number of fused-ring (bicyclic) bond motifs is 1. The molecule has 32 heavy (non-hydrogen) atoms. The number of anilines is 1. The fourth-order valence-electron chi connectivity index (χ4n) is 3.80. The molecule has 2 aromatic heterocycles. The van der Waals surface area contributed by atoms with Gasteiger partial charge in [-0.25, -0.2) is 4.98 Å². The Bertz CT molecular complexity index is 1130. The molecule has 1 aliphatic rings. The van der Waals surface area contributed by atoms with Crippen LogP contribution in [0.2, 0.25) is 0 Å². The molecule has 3 aromatic rings. The summed E-state index contributed by atoms with van der Waals surface area (Å²) in [6, 6.07) is 11.8. The number of ketones is 1. The Labute approximate surface area is 188 Å². The summed E-state index contributed by atoms with van der Waals surface area (Å²) in [5.41, 5.74) is 2.75. The smallest absolute Gasteiger partial charge is 0.194 e. The minimum absolute atomic E-state index is 0.000143. The summed E-state index contributed by atoms with van der Waals surface area (Å²) in [4.78, 5) is 20.5. The van der Waals surface area contributed by atoms with E-state index >= 15 is 0 Å². The second-order valence-electron chi connectivity index (χ2n) is 8.31. The molecule has 0 aliphatic heterocycles. The van der Waals surface area contributed by atoms with Gasteiger partial charge in [0.15, 0.2) is 5.78 Å². The SMILES string of the molecule is CCCCOc1ccc(NCNC2(C)C=C(C(=O)c3c[nH]c4ncccc34)C=CC2)cc1. The molecule has 1 aliphatic carbocycles. The van der Waals surface area contributed by atoms with Crippen molar-refractivity contribution in [2.45, 2.75) is 38.6 Å². The monoisotopic (exact) mass is 430 g/mol. The van der Waals surface area contributed by atoms with Crippen molar-refractivity contribution in [3.63, 3.8) is 0 Å². The maximum absolute atomic E-state index is 13.2. The number of pyridine rings is 1. The van der Waals surface area contributed by atoms with Crippen LogP contribution in [0, 0.1) is 0 Å². The highest BCUT2D eigenvalue weighted by atomic mass is 16.5. The molecule has 0 fully saturated rings. The number of nitrogens with one attached hydrogen (secondary N) is 3. The van der Waals surface area contributed by atoms with E-state index in [0.29, 0.717) is 17.8 Å². The first-order chi connectivity index (χ1) is 15.6. The van der Waals surface area contributed by atoms with Gasteiger partial charge >= 0.3 is 0 Å². The number of unbranched alkanes of at least 4 members (excludes halogenated alkanes) is 1. The summed E-state index contributed by atoms with van der Waals surface area (Å²) in [6.45, 7) is 5.58. The van der Waals surface area contributed by atoms with Crippen molar-refractivity contribution in [3.8, 4) is 5.75 Å². The van der Waals surface area contributed by atoms with Crippen molar-refractivity contribution in [3.05, 3.63) is 78.2 Å². The first-order valence-electron chi connectivity index (χ1n) is 11.2. The Kier molecular flexibility index (Phi) is 6.71. The number of H-pyrrole nitrogens is 1. The third-order valence-electron chi connectivity index (χ3n) is 5.68. The minimum Gasteiger partial charge on any atom is -0.494 e. The molecule has 0 bridgehead atoms. The average Bonchev–Trinajstić information content (AvgIpc) is 3.24. The quantitative estimate of drug-likeness (QED) is 0.233. The number of carbonyl (C=O) groups excluding carboxylic acids is 1. The third-order valence-corrected chi connectivity index (χ3v) is 5.68. The lowest BCUT2D eigenvalue weighted by atomic mass is 9.87. The van der Waals surface area contributed by atoms with E-state index in [9.17, 15) is 4.79 Å². The standard InChI is InChI=1S/C26H30N4O2/c1-3-4-15-32-21-11-9-20(10-12-21)29-18-30-26(2)13-5-7-19(16-26)24(31)23-17-28-25-22(23)8-6-14-27-25/h5-12,14,16-17,29-30H,3-4,13,15,18H2,1-2H3,(H,27,28). The van der Waals surface area contributed by atoms with Crippen molar-refractivity contribution >= 4 is 22.5 Å². The maximum atomic E-state index is 13.2. The number of allylic oxidation sites excluding steroid dienone is 2. The number of benzene rings is 1. The summed E-state index contributed by atoms with van der Waals surface area (Å²) >= 11 is 0. The molecule has 1 atom stereocenters. The number of ether oxygens (including phenoxy) is 1. The van der Waals surface area contributed by atoms with Gasteiger partial charge in [0.1, 0.15) is 11.4 Å². The van der Waals surface area contributed by atoms with Gasteiger partial charge in [0.05, 0.1) is 13.3 Å². The van der Waals surface area contributed by atoms with Crippen molar-refractivity contribution in [1.82, 2.24) is 15.3 Å². The minimum atomic E-state index is -0.319. The molecular weight excluding hydrogens is 400 g/mol. The molecule has 0 saturated heterocycles. The molecule has 0 saturated carbocycles. The van der Waals surface area contributed by atoms with Gasteiger partial charge < -0.3 is 15.0 Å². The highest BCUT2D eigenvalue weighted by Crippen LogP contribution is 2.26. The van der Waals surface area contributed by atoms with Gasteiger partial charge in [-0.1, -0.05) is 31.6 Å². The number of hydrogen-bond acceptors (Lipinski definition) is 5. The summed E-state index contributed by atoms with van der Waals surface area (Å²) < 4.78 is 5.71. The van der Waals surface area contributed by atoms with Crippen molar-refractivity contribution in [2.75, 3.05) is 18.6 Å². The predicted molar refractivity (Wildman–Crippen MR) is 129 cm³/mol. The highest BCUT2D eigenvalue weighted by molar-refractivity contribution is 6.17. The van der Waals surface area contributed by atoms with Crippen LogP contribution in [0.25, 0.3) is 11.0 Å². The van der Waals surface area contributed by atoms with E-state index in [1.165, 1.54) is 0 Å². The van der Waals surface area contributed by atoms with Gasteiger partial charge in [0, 0.05) is 40.1 Å². The number of Topliss-reactive ketones (excluding diaryl/α,β-unsaturated/α-hetero) is 1. The Morgan fingerprint density at radius 3 is 2.91 bits per heavy atom. The first kappa shape index (κ1) is 21.8. The van der Waals surface area contributed by atoms with Gasteiger partial charge in [0.2, 0.25) is 0 Å². The summed E-state index contributed by atoms with van der Waals surface area (Å²) in [7, 11) is 0. The zero-order chi connectivity index (χ0) is 22.4. The van der Waals surface area contributed by atoms with Crippen molar-refractivity contribution in [1.29, 1.82) is 0 Å². The second kappa shape index (κ2) is 9.83. The Morgan fingerprint density at radius 1 is 1.25 bits per heavy atom. The van der Waals surface area contributed by atoms with Crippen LogP contribution in [0.1, 0.15) is 43.5 Å². The molecule has 3 N–H and O–H groups in total. The van der Waals surface area contributed by atoms with Crippen LogP contribution < -0.4 is 15.4 Å². The largest absolute Gasteiger partial charge is 0.494 e. The van der Waals surface area contributed by atoms with Crippen LogP contribution in [-0.4, -0.2) is 34.6 Å². The fourth-order valence-corrected chi connectivity index (χ4v) is 3.80. The molecule has 0 amide bonds. The number of carbonyl (C=O) groups is 1. The number of aromatic amines is 1. The summed E-state index contributed by atoms with van der Waals surface area (Å²) in [6.07, 6.45) is 12.4. The molecule has 2 heterocycles. The predicted octanol–water partition coefficient (Wildman–Crippen LogP) is 5.23. The van der Waals surface area contributed by atoms with E-state index in [1.54, 1.807) is 12.4 Å². The summed E-state index contributed by atoms with van der Waals surface area (Å²) in [5.74, 6) is 0.889. The maximum Gasteiger partial charge on any atom is 0.194 e. The van der Waals surface area contributed by atoms with Crippen molar-refractivity contribution in [2.24, 2.45) is 0 Å². The molecule has 6 heteroatoms. The van der Waals surface area contributed by atoms with Gasteiger partial charge in [-0.3, -0.25) is 10.1 Å². The molecule has 4 rings (SSSR count). The molecule has 6 nitrogen and oxygen atoms in total. The number of rotatable bonds is 10. The van der Waals surface area contributed by atoms with Crippen LogP contribution in [0.4, 0.5) is 5.69 Å². The molecule has 0 spiro atoms. The molecule has 1 aromatic carbocycles. The Morgan fingerprint density at radius 2 is 2.09 bits per heavy atom. The van der Waals surface area contributed by atoms with Gasteiger partial charge in [-0.05, 0) is 56.2 Å². The third kappa shape index (κ3) is 5.08. The van der Waals surface area contributed by atoms with E-state index in [4.69, 9.17) is 4.74 Å². The van der Waals surface area contributed by atoms with Crippen LogP contribution >= 0.6 is 0 Å². The molecule has 1 unspecified atom stereocenters. The second-order valence-corrected chi connectivity index (χ2v) is 8.31. The van der Waals surface area contributed by atoms with E-state index in [2.05, 4.69) is 40.5 Å². The van der Waals surface area contributed by atoms with Gasteiger partial charge in [-0.2, -0.15) is 0 Å². The van der Waals surface area contributed by atoms with Crippen molar-refractivity contribution < 1.29 is 9.53 Å². The lowest BCUT2D eigenvalue weighted by Gasteiger charge is -2.30. The normalized spacial score (nSPS) is 17.9. The van der Waals surface area contributed by atoms with E-state index < -0.39 is 0 Å². The van der Waals surface area contributed by atoms with Crippen LogP contribution in [0.3, 0.4) is 0 Å². The molecular formula is C26H30N4O2. The summed E-state index contributed by atoms with van der Waals surface area (Å²) in [5, 5.41) is 7.76. The number of hydrogen-bond donors (Lipinski definition) is 3. The first-order valence-corrected chi connectivity index (χ1v) is 11.2. The van der Waals surface area contributed by atoms with E-state index in [-0.39, 0.29) is 11.3 Å².